The summed E-state index contributed by atoms with van der Waals surface area (Å²) in [7, 11) is 0. The van der Waals surface area contributed by atoms with E-state index in [1.54, 1.807) is 6.08 Å². The second kappa shape index (κ2) is 4.59. The molecule has 1 heterocycles. The van der Waals surface area contributed by atoms with E-state index in [0.29, 0.717) is 5.75 Å². The zero-order chi connectivity index (χ0) is 13.3. The number of carbonyl (C=O) groups is 1. The van der Waals surface area contributed by atoms with Gasteiger partial charge in [-0.25, -0.2) is 0 Å². The molecular formula is C14H15NO4. The van der Waals surface area contributed by atoms with Crippen molar-refractivity contribution in [3.8, 4) is 11.5 Å². The van der Waals surface area contributed by atoms with E-state index in [2.05, 4.69) is 5.32 Å². The summed E-state index contributed by atoms with van der Waals surface area (Å²) >= 11 is 0. The summed E-state index contributed by atoms with van der Waals surface area (Å²) in [6.45, 7) is 0.235. The predicted octanol–water partition coefficient (Wildman–Crippen LogP) is 1.07. The second-order valence-corrected chi connectivity index (χ2v) is 4.87. The average molecular weight is 261 g/mol. The van der Waals surface area contributed by atoms with Gasteiger partial charge in [0.25, 0.3) is 0 Å². The first-order chi connectivity index (χ1) is 9.21. The molecule has 100 valence electrons. The van der Waals surface area contributed by atoms with Crippen molar-refractivity contribution in [1.29, 1.82) is 0 Å². The Balaban J connectivity index is 1.64. The quantitative estimate of drug-likeness (QED) is 0.796. The fourth-order valence-electron chi connectivity index (χ4n) is 1.97. The van der Waals surface area contributed by atoms with Crippen LogP contribution < -0.4 is 14.8 Å². The fourth-order valence-corrected chi connectivity index (χ4v) is 1.97. The van der Waals surface area contributed by atoms with Crippen molar-refractivity contribution in [2.24, 2.45) is 0 Å². The van der Waals surface area contributed by atoms with E-state index in [4.69, 9.17) is 14.6 Å². The minimum atomic E-state index is -0.379. The monoisotopic (exact) mass is 261 g/mol. The molecule has 3 rings (SSSR count). The highest BCUT2D eigenvalue weighted by molar-refractivity contribution is 5.92. The van der Waals surface area contributed by atoms with Crippen molar-refractivity contribution in [2.45, 2.75) is 18.4 Å². The number of benzene rings is 1. The normalized spacial score (nSPS) is 18.6. The van der Waals surface area contributed by atoms with Crippen LogP contribution in [0.25, 0.3) is 6.08 Å². The van der Waals surface area contributed by atoms with E-state index in [1.807, 2.05) is 18.2 Å². The third-order valence-electron chi connectivity index (χ3n) is 3.37. The molecule has 1 amide bonds. The molecule has 2 aliphatic rings. The van der Waals surface area contributed by atoms with Crippen molar-refractivity contribution in [3.63, 3.8) is 0 Å². The molecule has 0 bridgehead atoms. The largest absolute Gasteiger partial charge is 0.454 e. The lowest BCUT2D eigenvalue weighted by molar-refractivity contribution is -0.117. The van der Waals surface area contributed by atoms with Gasteiger partial charge in [-0.3, -0.25) is 4.79 Å². The van der Waals surface area contributed by atoms with E-state index in [0.717, 1.165) is 24.2 Å². The molecule has 1 aliphatic heterocycles. The number of hydrogen-bond donors (Lipinski definition) is 2. The van der Waals surface area contributed by atoms with Crippen LogP contribution in [0.4, 0.5) is 0 Å². The van der Waals surface area contributed by atoms with E-state index in [9.17, 15) is 4.79 Å². The number of amides is 1. The Morgan fingerprint density at radius 2 is 2.16 bits per heavy atom. The highest BCUT2D eigenvalue weighted by Crippen LogP contribution is 2.34. The Kier molecular flexibility index (Phi) is 2.91. The number of aliphatic hydroxyl groups is 1. The van der Waals surface area contributed by atoms with Gasteiger partial charge in [0.05, 0.1) is 12.1 Å². The molecule has 1 fully saturated rings. The molecule has 1 aromatic carbocycles. The van der Waals surface area contributed by atoms with Crippen LogP contribution in [-0.2, 0) is 4.79 Å². The number of ether oxygens (including phenoxy) is 2. The number of carbonyl (C=O) groups excluding carboxylic acids is 1. The molecule has 1 aliphatic carbocycles. The summed E-state index contributed by atoms with van der Waals surface area (Å²) in [5.41, 5.74) is 0.490. The number of hydrogen-bond acceptors (Lipinski definition) is 4. The maximum absolute atomic E-state index is 11.7. The van der Waals surface area contributed by atoms with Crippen LogP contribution in [0.1, 0.15) is 18.4 Å². The summed E-state index contributed by atoms with van der Waals surface area (Å²) in [6.07, 6.45) is 4.86. The highest BCUT2D eigenvalue weighted by atomic mass is 16.7. The van der Waals surface area contributed by atoms with Gasteiger partial charge in [-0.15, -0.1) is 0 Å². The summed E-state index contributed by atoms with van der Waals surface area (Å²) in [5.74, 6) is 1.22. The highest BCUT2D eigenvalue weighted by Gasteiger charge is 2.42. The number of nitrogens with one attached hydrogen (secondary N) is 1. The van der Waals surface area contributed by atoms with Crippen molar-refractivity contribution < 1.29 is 19.4 Å². The van der Waals surface area contributed by atoms with E-state index in [-0.39, 0.29) is 24.8 Å². The Bertz CT molecular complexity index is 534. The van der Waals surface area contributed by atoms with E-state index >= 15 is 0 Å². The molecule has 0 spiro atoms. The van der Waals surface area contributed by atoms with Crippen LogP contribution in [-0.4, -0.2) is 30.0 Å². The number of rotatable bonds is 4. The molecule has 0 atom stereocenters. The summed E-state index contributed by atoms with van der Waals surface area (Å²) in [6, 6.07) is 5.50. The number of fused-ring (bicyclic) bond motifs is 1. The van der Waals surface area contributed by atoms with Gasteiger partial charge in [-0.2, -0.15) is 0 Å². The Morgan fingerprint density at radius 1 is 1.37 bits per heavy atom. The molecule has 1 aromatic rings. The van der Waals surface area contributed by atoms with Crippen molar-refractivity contribution >= 4 is 12.0 Å². The third kappa shape index (κ3) is 2.56. The Hall–Kier alpha value is -2.01. The second-order valence-electron chi connectivity index (χ2n) is 4.87. The summed E-state index contributed by atoms with van der Waals surface area (Å²) < 4.78 is 10.5. The van der Waals surface area contributed by atoms with Crippen LogP contribution in [0, 0.1) is 0 Å². The van der Waals surface area contributed by atoms with Crippen molar-refractivity contribution in [3.05, 3.63) is 29.8 Å². The summed E-state index contributed by atoms with van der Waals surface area (Å²) in [4.78, 5) is 11.7. The molecule has 0 aromatic heterocycles. The van der Waals surface area contributed by atoms with E-state index < -0.39 is 0 Å². The Labute approximate surface area is 110 Å². The van der Waals surface area contributed by atoms with Crippen molar-refractivity contribution in [2.75, 3.05) is 13.4 Å². The zero-order valence-electron chi connectivity index (χ0n) is 10.4. The first-order valence-electron chi connectivity index (χ1n) is 6.22. The first-order valence-corrected chi connectivity index (χ1v) is 6.22. The zero-order valence-corrected chi connectivity index (χ0v) is 10.4. The Morgan fingerprint density at radius 3 is 2.89 bits per heavy atom. The van der Waals surface area contributed by atoms with Gasteiger partial charge < -0.3 is 19.9 Å². The summed E-state index contributed by atoms with van der Waals surface area (Å²) in [5, 5.41) is 11.9. The van der Waals surface area contributed by atoms with Gasteiger partial charge >= 0.3 is 0 Å². The molecule has 2 N–H and O–H groups in total. The third-order valence-corrected chi connectivity index (χ3v) is 3.37. The SMILES string of the molecule is O=C(/C=C/c1ccc2c(c1)OCO2)NC1(CO)CC1. The van der Waals surface area contributed by atoms with Crippen LogP contribution >= 0.6 is 0 Å². The average Bonchev–Trinajstić information content (AvgIpc) is 3.03. The van der Waals surface area contributed by atoms with Crippen LogP contribution in [0.15, 0.2) is 24.3 Å². The fraction of sp³-hybridized carbons (Fsp3) is 0.357. The van der Waals surface area contributed by atoms with Crippen molar-refractivity contribution in [1.82, 2.24) is 5.32 Å². The molecule has 5 heteroatoms. The lowest BCUT2D eigenvalue weighted by Gasteiger charge is -2.11. The molecule has 19 heavy (non-hydrogen) atoms. The molecule has 0 radical (unpaired) electrons. The topological polar surface area (TPSA) is 67.8 Å². The maximum atomic E-state index is 11.7. The maximum Gasteiger partial charge on any atom is 0.244 e. The van der Waals surface area contributed by atoms with Gasteiger partial charge in [-0.1, -0.05) is 6.07 Å². The van der Waals surface area contributed by atoms with Gasteiger partial charge in [-0.05, 0) is 36.6 Å². The van der Waals surface area contributed by atoms with Crippen LogP contribution in [0.2, 0.25) is 0 Å². The van der Waals surface area contributed by atoms with E-state index in [1.165, 1.54) is 6.08 Å². The standard InChI is InChI=1S/C14H15NO4/c16-8-14(5-6-14)15-13(17)4-2-10-1-3-11-12(7-10)19-9-18-11/h1-4,7,16H,5-6,8-9H2,(H,15,17)/b4-2+. The molecule has 1 saturated carbocycles. The number of aliphatic hydroxyl groups excluding tert-OH is 1. The van der Waals surface area contributed by atoms with Gasteiger partial charge in [0.1, 0.15) is 0 Å². The van der Waals surface area contributed by atoms with Gasteiger partial charge in [0.15, 0.2) is 11.5 Å². The molecule has 0 unspecified atom stereocenters. The van der Waals surface area contributed by atoms with Gasteiger partial charge in [0.2, 0.25) is 12.7 Å². The molecule has 0 saturated heterocycles. The van der Waals surface area contributed by atoms with Crippen LogP contribution in [0.5, 0.6) is 11.5 Å². The van der Waals surface area contributed by atoms with Crippen LogP contribution in [0.3, 0.4) is 0 Å². The molecule has 5 nitrogen and oxygen atoms in total. The first kappa shape index (κ1) is 12.0. The molecular weight excluding hydrogens is 246 g/mol. The minimum absolute atomic E-state index is 0.00337. The van der Waals surface area contributed by atoms with Gasteiger partial charge in [0, 0.05) is 6.08 Å². The lowest BCUT2D eigenvalue weighted by atomic mass is 10.2. The minimum Gasteiger partial charge on any atom is -0.454 e. The lowest BCUT2D eigenvalue weighted by Crippen LogP contribution is -2.38. The predicted molar refractivity (Wildman–Crippen MR) is 68.8 cm³/mol. The smallest absolute Gasteiger partial charge is 0.244 e.